The van der Waals surface area contributed by atoms with Crippen LogP contribution in [-0.2, 0) is 0 Å². The summed E-state index contributed by atoms with van der Waals surface area (Å²) < 4.78 is 2.69. The molecule has 0 aliphatic carbocycles. The van der Waals surface area contributed by atoms with E-state index < -0.39 is 0 Å². The second-order valence-electron chi connectivity index (χ2n) is 8.41. The first-order valence-electron chi connectivity index (χ1n) is 11.2. The quantitative estimate of drug-likeness (QED) is 0.287. The summed E-state index contributed by atoms with van der Waals surface area (Å²) in [5.41, 5.74) is 8.42. The summed E-state index contributed by atoms with van der Waals surface area (Å²) in [6.07, 6.45) is 0. The third-order valence-corrected chi connectivity index (χ3v) is 7.36. The Balaban J connectivity index is 1.26. The maximum Gasteiger partial charge on any atom is 0.0414 e. The van der Waals surface area contributed by atoms with E-state index in [0.29, 0.717) is 0 Å². The van der Waals surface area contributed by atoms with Gasteiger partial charge in [-0.15, -0.1) is 11.3 Å². The number of aryl methyl sites for hydroxylation is 1. The van der Waals surface area contributed by atoms with Gasteiger partial charge in [-0.1, -0.05) is 72.8 Å². The van der Waals surface area contributed by atoms with E-state index in [1.165, 1.54) is 48.0 Å². The van der Waals surface area contributed by atoms with Gasteiger partial charge in [0, 0.05) is 31.5 Å². The van der Waals surface area contributed by atoms with Gasteiger partial charge in [-0.2, -0.15) is 0 Å². The van der Waals surface area contributed by atoms with Crippen molar-refractivity contribution in [3.05, 3.63) is 121 Å². The second-order valence-corrected chi connectivity index (χ2v) is 9.49. The van der Waals surface area contributed by atoms with E-state index in [1.54, 1.807) is 0 Å². The smallest absolute Gasteiger partial charge is 0.0414 e. The average Bonchev–Trinajstić information content (AvgIpc) is 3.24. The third-order valence-electron chi connectivity index (χ3n) is 6.21. The molecule has 1 N–H and O–H groups in total. The topological polar surface area (TPSA) is 12.0 Å². The minimum absolute atomic E-state index is 1.09. The SMILES string of the molecule is Cc1cc(-c2ccccc2)ccc1Nc1ccc(-c2ccc3sc4ccccc4c3c2)cc1. The molecule has 0 bridgehead atoms. The van der Waals surface area contributed by atoms with Crippen molar-refractivity contribution >= 4 is 42.9 Å². The van der Waals surface area contributed by atoms with Gasteiger partial charge in [0.25, 0.3) is 0 Å². The number of fused-ring (bicyclic) bond motifs is 3. The summed E-state index contributed by atoms with van der Waals surface area (Å²) in [5.74, 6) is 0. The minimum atomic E-state index is 1.09. The van der Waals surface area contributed by atoms with Crippen molar-refractivity contribution in [2.75, 3.05) is 5.32 Å². The Labute approximate surface area is 198 Å². The molecule has 1 heterocycles. The zero-order valence-corrected chi connectivity index (χ0v) is 19.2. The molecule has 0 saturated carbocycles. The molecule has 0 saturated heterocycles. The predicted octanol–water partition coefficient (Wildman–Crippen LogP) is 9.44. The van der Waals surface area contributed by atoms with Gasteiger partial charge in [0.2, 0.25) is 0 Å². The summed E-state index contributed by atoms with van der Waals surface area (Å²) >= 11 is 1.86. The van der Waals surface area contributed by atoms with Crippen molar-refractivity contribution in [3.63, 3.8) is 0 Å². The van der Waals surface area contributed by atoms with Gasteiger partial charge >= 0.3 is 0 Å². The third kappa shape index (κ3) is 3.79. The molecule has 0 unspecified atom stereocenters. The Morgan fingerprint density at radius 2 is 1.15 bits per heavy atom. The van der Waals surface area contributed by atoms with Gasteiger partial charge in [-0.05, 0) is 77.2 Å². The van der Waals surface area contributed by atoms with Crippen LogP contribution in [0, 0.1) is 6.92 Å². The first-order chi connectivity index (χ1) is 16.2. The van der Waals surface area contributed by atoms with Crippen LogP contribution in [0.3, 0.4) is 0 Å². The van der Waals surface area contributed by atoms with E-state index in [2.05, 4.69) is 128 Å². The van der Waals surface area contributed by atoms with E-state index in [0.717, 1.165) is 11.4 Å². The van der Waals surface area contributed by atoms with Gasteiger partial charge in [-0.3, -0.25) is 0 Å². The monoisotopic (exact) mass is 441 g/mol. The van der Waals surface area contributed by atoms with Crippen molar-refractivity contribution < 1.29 is 0 Å². The predicted molar refractivity (Wildman–Crippen MR) is 145 cm³/mol. The van der Waals surface area contributed by atoms with Gasteiger partial charge in [0.15, 0.2) is 0 Å². The lowest BCUT2D eigenvalue weighted by molar-refractivity contribution is 1.43. The second kappa shape index (κ2) is 8.23. The van der Waals surface area contributed by atoms with E-state index in [1.807, 2.05) is 11.3 Å². The van der Waals surface area contributed by atoms with E-state index in [-0.39, 0.29) is 0 Å². The maximum absolute atomic E-state index is 3.58. The normalized spacial score (nSPS) is 11.2. The average molecular weight is 442 g/mol. The highest BCUT2D eigenvalue weighted by Crippen LogP contribution is 2.36. The molecule has 0 fully saturated rings. The first kappa shape index (κ1) is 19.8. The molecule has 1 aromatic heterocycles. The Kier molecular flexibility index (Phi) is 4.93. The number of benzene rings is 5. The highest BCUT2D eigenvalue weighted by Gasteiger charge is 2.07. The van der Waals surface area contributed by atoms with Crippen LogP contribution in [0.15, 0.2) is 115 Å². The van der Waals surface area contributed by atoms with Gasteiger partial charge in [-0.25, -0.2) is 0 Å². The number of rotatable bonds is 4. The fourth-order valence-corrected chi connectivity index (χ4v) is 5.51. The van der Waals surface area contributed by atoms with Crippen LogP contribution in [0.5, 0.6) is 0 Å². The molecule has 5 aromatic carbocycles. The number of thiophene rings is 1. The molecule has 158 valence electrons. The number of hydrogen-bond donors (Lipinski definition) is 1. The van der Waals surface area contributed by atoms with Crippen LogP contribution >= 0.6 is 11.3 Å². The van der Waals surface area contributed by atoms with Crippen LogP contribution < -0.4 is 5.32 Å². The Bertz CT molecular complexity index is 1580. The first-order valence-corrected chi connectivity index (χ1v) is 12.0. The zero-order valence-electron chi connectivity index (χ0n) is 18.4. The fourth-order valence-electron chi connectivity index (χ4n) is 4.42. The van der Waals surface area contributed by atoms with Crippen LogP contribution in [0.25, 0.3) is 42.4 Å². The lowest BCUT2D eigenvalue weighted by Gasteiger charge is -2.12. The standard InChI is InChI=1S/C31H23NS/c1-21-19-24(22-7-3-2-4-8-22)13-17-29(21)32-26-15-11-23(12-16-26)25-14-18-31-28(20-25)27-9-5-6-10-30(27)33-31/h2-20,32H,1H3. The zero-order chi connectivity index (χ0) is 22.2. The lowest BCUT2D eigenvalue weighted by atomic mass is 10.0. The van der Waals surface area contributed by atoms with E-state index in [4.69, 9.17) is 0 Å². The largest absolute Gasteiger partial charge is 0.355 e. The maximum atomic E-state index is 3.58. The summed E-state index contributed by atoms with van der Waals surface area (Å²) in [6.45, 7) is 2.16. The molecule has 1 nitrogen and oxygen atoms in total. The summed E-state index contributed by atoms with van der Waals surface area (Å²) in [7, 11) is 0. The van der Waals surface area contributed by atoms with Gasteiger partial charge in [0.1, 0.15) is 0 Å². The van der Waals surface area contributed by atoms with Crippen molar-refractivity contribution in [1.82, 2.24) is 0 Å². The lowest BCUT2D eigenvalue weighted by Crippen LogP contribution is -1.93. The van der Waals surface area contributed by atoms with Crippen molar-refractivity contribution in [1.29, 1.82) is 0 Å². The molecule has 0 spiro atoms. The molecule has 33 heavy (non-hydrogen) atoms. The number of hydrogen-bond acceptors (Lipinski definition) is 2. The molecule has 0 atom stereocenters. The summed E-state index contributed by atoms with van der Waals surface area (Å²) in [6, 6.07) is 41.3. The van der Waals surface area contributed by atoms with Crippen molar-refractivity contribution in [2.45, 2.75) is 6.92 Å². The molecular formula is C31H23NS. The van der Waals surface area contributed by atoms with Crippen molar-refractivity contribution in [3.8, 4) is 22.3 Å². The Morgan fingerprint density at radius 3 is 1.97 bits per heavy atom. The highest BCUT2D eigenvalue weighted by molar-refractivity contribution is 7.25. The number of anilines is 2. The van der Waals surface area contributed by atoms with Crippen molar-refractivity contribution in [2.24, 2.45) is 0 Å². The van der Waals surface area contributed by atoms with Gasteiger partial charge < -0.3 is 5.32 Å². The van der Waals surface area contributed by atoms with Gasteiger partial charge in [0.05, 0.1) is 0 Å². The van der Waals surface area contributed by atoms with Crippen LogP contribution in [0.1, 0.15) is 5.56 Å². The Morgan fingerprint density at radius 1 is 0.515 bits per heavy atom. The van der Waals surface area contributed by atoms with E-state index >= 15 is 0 Å². The van der Waals surface area contributed by atoms with Crippen LogP contribution in [0.2, 0.25) is 0 Å². The Hall–Kier alpha value is -3.88. The number of nitrogens with one attached hydrogen (secondary N) is 1. The highest BCUT2D eigenvalue weighted by atomic mass is 32.1. The molecule has 0 aliphatic rings. The fraction of sp³-hybridized carbons (Fsp3) is 0.0323. The van der Waals surface area contributed by atoms with E-state index in [9.17, 15) is 0 Å². The molecule has 6 aromatic rings. The molecule has 6 rings (SSSR count). The van der Waals surface area contributed by atoms with Crippen LogP contribution in [0.4, 0.5) is 11.4 Å². The molecule has 0 amide bonds. The molecule has 0 radical (unpaired) electrons. The molecular weight excluding hydrogens is 418 g/mol. The summed E-state index contributed by atoms with van der Waals surface area (Å²) in [4.78, 5) is 0. The molecule has 2 heteroatoms. The summed E-state index contributed by atoms with van der Waals surface area (Å²) in [5, 5.41) is 6.26. The molecule has 0 aliphatic heterocycles. The van der Waals surface area contributed by atoms with Crippen LogP contribution in [-0.4, -0.2) is 0 Å². The minimum Gasteiger partial charge on any atom is -0.355 e.